The standard InChI is InChI=1S/C12H17N3Si/c1-3-16(4-2)9-7-5-6-8-10(9)12(14)15-11(8)13/h5-7,16H,3-4H2,1-2H3,(H3,13,14,15). The Balaban J connectivity index is 2.57. The maximum absolute atomic E-state index is 7.92. The molecule has 16 heavy (non-hydrogen) atoms. The second kappa shape index (κ2) is 4.21. The van der Waals surface area contributed by atoms with Crippen molar-refractivity contribution in [3.05, 3.63) is 29.3 Å². The number of fused-ring (bicyclic) bond motifs is 1. The predicted molar refractivity (Wildman–Crippen MR) is 71.0 cm³/mol. The summed E-state index contributed by atoms with van der Waals surface area (Å²) in [4.78, 5) is 0. The number of hydrogen-bond acceptors (Lipinski definition) is 2. The van der Waals surface area contributed by atoms with Gasteiger partial charge in [-0.2, -0.15) is 0 Å². The predicted octanol–water partition coefficient (Wildman–Crippen LogP) is 1.41. The van der Waals surface area contributed by atoms with E-state index in [0.29, 0.717) is 11.7 Å². The van der Waals surface area contributed by atoms with Crippen LogP contribution in [0.4, 0.5) is 0 Å². The molecule has 0 bridgehead atoms. The molecule has 0 radical (unpaired) electrons. The highest BCUT2D eigenvalue weighted by molar-refractivity contribution is 6.74. The SMILES string of the molecule is CC[SiH](CC)c1cccc2c1C(=N)NC2=N. The molecule has 0 aromatic heterocycles. The summed E-state index contributed by atoms with van der Waals surface area (Å²) in [5.74, 6) is 0.789. The molecule has 84 valence electrons. The third-order valence-electron chi connectivity index (χ3n) is 3.29. The first kappa shape index (κ1) is 11.1. The molecule has 0 saturated carbocycles. The largest absolute Gasteiger partial charge is 0.325 e. The summed E-state index contributed by atoms with van der Waals surface area (Å²) in [5, 5.41) is 19.9. The molecule has 4 heteroatoms. The number of benzene rings is 1. The first-order valence-electron chi connectivity index (χ1n) is 5.76. The Morgan fingerprint density at radius 3 is 2.44 bits per heavy atom. The molecule has 1 heterocycles. The van der Waals surface area contributed by atoms with Gasteiger partial charge in [0.25, 0.3) is 0 Å². The molecule has 0 atom stereocenters. The normalized spacial score (nSPS) is 14.2. The van der Waals surface area contributed by atoms with Crippen molar-refractivity contribution in [2.45, 2.75) is 25.9 Å². The summed E-state index contributed by atoms with van der Waals surface area (Å²) in [7, 11) is -0.939. The summed E-state index contributed by atoms with van der Waals surface area (Å²) in [5.41, 5.74) is 1.90. The van der Waals surface area contributed by atoms with Crippen LogP contribution in [0.3, 0.4) is 0 Å². The lowest BCUT2D eigenvalue weighted by atomic mass is 10.1. The van der Waals surface area contributed by atoms with Gasteiger partial charge in [0.15, 0.2) is 0 Å². The highest BCUT2D eigenvalue weighted by Crippen LogP contribution is 2.15. The van der Waals surface area contributed by atoms with Gasteiger partial charge < -0.3 is 5.32 Å². The molecule has 3 nitrogen and oxygen atoms in total. The van der Waals surface area contributed by atoms with E-state index in [2.05, 4.69) is 25.2 Å². The smallest absolute Gasteiger partial charge is 0.131 e. The van der Waals surface area contributed by atoms with Gasteiger partial charge in [-0.15, -0.1) is 0 Å². The molecule has 1 aliphatic heterocycles. The van der Waals surface area contributed by atoms with Crippen LogP contribution >= 0.6 is 0 Å². The van der Waals surface area contributed by atoms with Crippen LogP contribution in [0.25, 0.3) is 0 Å². The Morgan fingerprint density at radius 2 is 1.81 bits per heavy atom. The van der Waals surface area contributed by atoms with Gasteiger partial charge >= 0.3 is 0 Å². The fraction of sp³-hybridized carbons (Fsp3) is 0.333. The first-order chi connectivity index (χ1) is 7.69. The Morgan fingerprint density at radius 1 is 1.12 bits per heavy atom. The van der Waals surface area contributed by atoms with Gasteiger partial charge in [0.2, 0.25) is 0 Å². The van der Waals surface area contributed by atoms with E-state index in [0.717, 1.165) is 11.1 Å². The Labute approximate surface area is 97.5 Å². The van der Waals surface area contributed by atoms with Crippen molar-refractivity contribution < 1.29 is 0 Å². The summed E-state index contributed by atoms with van der Waals surface area (Å²) >= 11 is 0. The Kier molecular flexibility index (Phi) is 2.92. The minimum atomic E-state index is -0.939. The molecule has 0 unspecified atom stereocenters. The van der Waals surface area contributed by atoms with Crippen LogP contribution in [-0.2, 0) is 0 Å². The summed E-state index contributed by atoms with van der Waals surface area (Å²) in [6.07, 6.45) is 0. The quantitative estimate of drug-likeness (QED) is 0.677. The molecule has 1 aromatic rings. The highest BCUT2D eigenvalue weighted by Gasteiger charge is 2.26. The lowest BCUT2D eigenvalue weighted by molar-refractivity contribution is 1.29. The molecular formula is C12H17N3Si. The van der Waals surface area contributed by atoms with E-state index in [4.69, 9.17) is 10.8 Å². The molecule has 0 saturated heterocycles. The van der Waals surface area contributed by atoms with E-state index in [-0.39, 0.29) is 0 Å². The van der Waals surface area contributed by atoms with E-state index in [1.807, 2.05) is 12.1 Å². The molecule has 1 aliphatic rings. The van der Waals surface area contributed by atoms with Gasteiger partial charge in [0.05, 0.1) is 8.80 Å². The second-order valence-corrected chi connectivity index (χ2v) is 7.81. The lowest BCUT2D eigenvalue weighted by Crippen LogP contribution is -2.34. The minimum absolute atomic E-state index is 0.377. The van der Waals surface area contributed by atoms with E-state index in [9.17, 15) is 0 Å². The summed E-state index contributed by atoms with van der Waals surface area (Å²) in [6.45, 7) is 4.47. The zero-order valence-electron chi connectivity index (χ0n) is 9.72. The average Bonchev–Trinajstić information content (AvgIpc) is 2.57. The number of rotatable bonds is 3. The second-order valence-electron chi connectivity index (χ2n) is 4.16. The van der Waals surface area contributed by atoms with E-state index < -0.39 is 8.80 Å². The fourth-order valence-corrected chi connectivity index (χ4v) is 4.93. The van der Waals surface area contributed by atoms with Crippen molar-refractivity contribution in [2.75, 3.05) is 0 Å². The van der Waals surface area contributed by atoms with Gasteiger partial charge in [-0.3, -0.25) is 10.8 Å². The topological polar surface area (TPSA) is 59.7 Å². The monoisotopic (exact) mass is 231 g/mol. The Bertz CT molecular complexity index is 450. The zero-order valence-corrected chi connectivity index (χ0v) is 10.9. The Hall–Kier alpha value is -1.42. The van der Waals surface area contributed by atoms with E-state index in [1.54, 1.807) is 0 Å². The molecule has 0 amide bonds. The van der Waals surface area contributed by atoms with Gasteiger partial charge in [-0.25, -0.2) is 0 Å². The van der Waals surface area contributed by atoms with Crippen LogP contribution in [0, 0.1) is 10.8 Å². The molecular weight excluding hydrogens is 214 g/mol. The van der Waals surface area contributed by atoms with Crippen molar-refractivity contribution in [1.29, 1.82) is 10.8 Å². The molecule has 0 fully saturated rings. The zero-order chi connectivity index (χ0) is 11.7. The maximum Gasteiger partial charge on any atom is 0.131 e. The molecule has 0 aliphatic carbocycles. The fourth-order valence-electron chi connectivity index (χ4n) is 2.38. The van der Waals surface area contributed by atoms with Crippen molar-refractivity contribution in [3.63, 3.8) is 0 Å². The third-order valence-corrected chi connectivity index (χ3v) is 6.62. The van der Waals surface area contributed by atoms with Gasteiger partial charge in [0, 0.05) is 11.1 Å². The van der Waals surface area contributed by atoms with Crippen LogP contribution in [0.15, 0.2) is 18.2 Å². The van der Waals surface area contributed by atoms with Crippen LogP contribution in [0.2, 0.25) is 12.1 Å². The third kappa shape index (κ3) is 1.59. The van der Waals surface area contributed by atoms with Crippen molar-refractivity contribution in [3.8, 4) is 0 Å². The molecule has 1 aromatic carbocycles. The maximum atomic E-state index is 7.92. The van der Waals surface area contributed by atoms with Crippen LogP contribution in [0.1, 0.15) is 25.0 Å². The number of hydrogen-bond donors (Lipinski definition) is 3. The molecule has 0 spiro atoms. The summed E-state index contributed by atoms with van der Waals surface area (Å²) < 4.78 is 0. The van der Waals surface area contributed by atoms with Crippen molar-refractivity contribution in [1.82, 2.24) is 5.32 Å². The molecule has 2 rings (SSSR count). The van der Waals surface area contributed by atoms with Crippen LogP contribution in [-0.4, -0.2) is 20.5 Å². The van der Waals surface area contributed by atoms with Gasteiger partial charge in [0.1, 0.15) is 11.7 Å². The number of amidine groups is 2. The van der Waals surface area contributed by atoms with Crippen LogP contribution < -0.4 is 10.5 Å². The molecule has 3 N–H and O–H groups in total. The van der Waals surface area contributed by atoms with Crippen molar-refractivity contribution >= 4 is 25.7 Å². The van der Waals surface area contributed by atoms with Crippen molar-refractivity contribution in [2.24, 2.45) is 0 Å². The van der Waals surface area contributed by atoms with E-state index >= 15 is 0 Å². The number of nitrogens with one attached hydrogen (secondary N) is 3. The van der Waals surface area contributed by atoms with Gasteiger partial charge in [-0.05, 0) is 0 Å². The summed E-state index contributed by atoms with van der Waals surface area (Å²) in [6, 6.07) is 8.54. The first-order valence-corrected chi connectivity index (χ1v) is 7.97. The van der Waals surface area contributed by atoms with E-state index in [1.165, 1.54) is 17.3 Å². The van der Waals surface area contributed by atoms with Gasteiger partial charge in [-0.1, -0.05) is 49.3 Å². The van der Waals surface area contributed by atoms with Crippen LogP contribution in [0.5, 0.6) is 0 Å². The highest BCUT2D eigenvalue weighted by atomic mass is 28.3. The minimum Gasteiger partial charge on any atom is -0.325 e. The average molecular weight is 231 g/mol. The lowest BCUT2D eigenvalue weighted by Gasteiger charge is -2.14.